The normalized spacial score (nSPS) is 15.4. The average molecular weight is 261 g/mol. The third-order valence-corrected chi connectivity index (χ3v) is 3.87. The third kappa shape index (κ3) is 6.94. The van der Waals surface area contributed by atoms with Crippen molar-refractivity contribution in [2.45, 2.75) is 58.2 Å². The Hall–Kier alpha value is -0.220. The summed E-state index contributed by atoms with van der Waals surface area (Å²) in [4.78, 5) is 12.0. The van der Waals surface area contributed by atoms with Gasteiger partial charge in [0.2, 0.25) is 0 Å². The molecule has 0 aromatic heterocycles. The van der Waals surface area contributed by atoms with Gasteiger partial charge in [-0.25, -0.2) is 0 Å². The second-order valence-electron chi connectivity index (χ2n) is 5.38. The van der Waals surface area contributed by atoms with Gasteiger partial charge in [0.1, 0.15) is 5.54 Å². The molecule has 1 N–H and O–H groups in total. The van der Waals surface area contributed by atoms with Crippen LogP contribution in [-0.4, -0.2) is 35.2 Å². The van der Waals surface area contributed by atoms with Crippen molar-refractivity contribution in [1.82, 2.24) is 5.32 Å². The average Bonchev–Trinajstić information content (AvgIpc) is 2.23. The number of esters is 1. The van der Waals surface area contributed by atoms with E-state index in [4.69, 9.17) is 4.74 Å². The molecule has 0 amide bonds. The van der Waals surface area contributed by atoms with Crippen LogP contribution in [0.2, 0.25) is 0 Å². The molecule has 0 aliphatic rings. The molecule has 0 saturated carbocycles. The molecule has 0 bridgehead atoms. The lowest BCUT2D eigenvalue weighted by Gasteiger charge is -2.31. The van der Waals surface area contributed by atoms with Crippen LogP contribution in [0.4, 0.5) is 0 Å². The first-order chi connectivity index (χ1) is 7.75. The number of rotatable bonds is 7. The molecule has 1 unspecified atom stereocenters. The van der Waals surface area contributed by atoms with Gasteiger partial charge in [-0.3, -0.25) is 4.79 Å². The first kappa shape index (κ1) is 16.8. The highest BCUT2D eigenvalue weighted by molar-refractivity contribution is 8.00. The molecule has 0 saturated heterocycles. The summed E-state index contributed by atoms with van der Waals surface area (Å²) in [6.07, 6.45) is 1.01. The fourth-order valence-electron chi connectivity index (χ4n) is 1.23. The van der Waals surface area contributed by atoms with E-state index >= 15 is 0 Å². The minimum atomic E-state index is -0.579. The van der Waals surface area contributed by atoms with Crippen molar-refractivity contribution in [1.29, 1.82) is 0 Å². The molecule has 0 radical (unpaired) electrons. The Balaban J connectivity index is 4.54. The van der Waals surface area contributed by atoms with E-state index in [-0.39, 0.29) is 10.7 Å². The molecule has 0 aromatic carbocycles. The molecular weight excluding hydrogens is 234 g/mol. The number of thioether (sulfide) groups is 1. The van der Waals surface area contributed by atoms with Crippen molar-refractivity contribution >= 4 is 17.7 Å². The minimum Gasteiger partial charge on any atom is -0.465 e. The van der Waals surface area contributed by atoms with Gasteiger partial charge in [-0.15, -0.1) is 0 Å². The summed E-state index contributed by atoms with van der Waals surface area (Å²) in [6, 6.07) is 0. The lowest BCUT2D eigenvalue weighted by atomic mass is 10.1. The molecule has 0 aliphatic heterocycles. The number of nitrogens with one attached hydrogen (secondary N) is 1. The van der Waals surface area contributed by atoms with Crippen molar-refractivity contribution in [2.75, 3.05) is 18.9 Å². The third-order valence-electron chi connectivity index (χ3n) is 2.28. The smallest absolute Gasteiger partial charge is 0.326 e. The number of ether oxygens (including phenoxy) is 1. The first-order valence-electron chi connectivity index (χ1n) is 6.31. The maximum Gasteiger partial charge on any atom is 0.326 e. The molecule has 0 aromatic rings. The van der Waals surface area contributed by atoms with Crippen LogP contribution in [0.3, 0.4) is 0 Å². The lowest BCUT2D eigenvalue weighted by Crippen LogP contribution is -2.53. The summed E-state index contributed by atoms with van der Waals surface area (Å²) in [5.41, 5.74) is -0.579. The number of hydrogen-bond donors (Lipinski definition) is 1. The number of carbonyl (C=O) groups is 1. The Labute approximate surface area is 110 Å². The van der Waals surface area contributed by atoms with E-state index in [1.807, 2.05) is 13.8 Å². The van der Waals surface area contributed by atoms with Gasteiger partial charge in [-0.1, -0.05) is 27.7 Å². The van der Waals surface area contributed by atoms with Crippen LogP contribution in [0.1, 0.15) is 48.0 Å². The van der Waals surface area contributed by atoms with E-state index in [0.29, 0.717) is 6.61 Å². The largest absolute Gasteiger partial charge is 0.465 e. The second-order valence-corrected chi connectivity index (χ2v) is 7.18. The molecule has 1 atom stereocenters. The summed E-state index contributed by atoms with van der Waals surface area (Å²) >= 11 is 1.78. The Bertz CT molecular complexity index is 238. The van der Waals surface area contributed by atoms with Gasteiger partial charge in [-0.05, 0) is 26.8 Å². The monoisotopic (exact) mass is 261 g/mol. The zero-order valence-corrected chi connectivity index (χ0v) is 12.9. The molecule has 0 heterocycles. The standard InChI is InChI=1S/C13H27NO2S/c1-7-9-14-13(6,11(15)16-8-2)10-17-12(3,4)5/h14H,7-10H2,1-6H3. The number of carbonyl (C=O) groups excluding carboxylic acids is 1. The highest BCUT2D eigenvalue weighted by atomic mass is 32.2. The maximum absolute atomic E-state index is 12.0. The Kier molecular flexibility index (Phi) is 7.17. The highest BCUT2D eigenvalue weighted by Crippen LogP contribution is 2.27. The zero-order valence-electron chi connectivity index (χ0n) is 12.1. The lowest BCUT2D eigenvalue weighted by molar-refractivity contribution is -0.149. The molecular formula is C13H27NO2S. The van der Waals surface area contributed by atoms with E-state index in [1.165, 1.54) is 0 Å². The maximum atomic E-state index is 12.0. The second kappa shape index (κ2) is 7.27. The molecule has 0 spiro atoms. The van der Waals surface area contributed by atoms with Crippen molar-refractivity contribution in [3.05, 3.63) is 0 Å². The fraction of sp³-hybridized carbons (Fsp3) is 0.923. The van der Waals surface area contributed by atoms with Gasteiger partial charge >= 0.3 is 5.97 Å². The van der Waals surface area contributed by atoms with Crippen molar-refractivity contribution < 1.29 is 9.53 Å². The molecule has 0 aliphatic carbocycles. The van der Waals surface area contributed by atoms with Crippen LogP contribution >= 0.6 is 11.8 Å². The van der Waals surface area contributed by atoms with E-state index in [1.54, 1.807) is 11.8 Å². The van der Waals surface area contributed by atoms with Gasteiger partial charge < -0.3 is 10.1 Å². The fourth-order valence-corrected chi connectivity index (χ4v) is 2.18. The quantitative estimate of drug-likeness (QED) is 0.715. The summed E-state index contributed by atoms with van der Waals surface area (Å²) < 4.78 is 5.31. The van der Waals surface area contributed by atoms with Crippen molar-refractivity contribution in [2.24, 2.45) is 0 Å². The Morgan fingerprint density at radius 1 is 1.24 bits per heavy atom. The highest BCUT2D eigenvalue weighted by Gasteiger charge is 2.35. The van der Waals surface area contributed by atoms with Gasteiger partial charge in [0.25, 0.3) is 0 Å². The Morgan fingerprint density at radius 3 is 2.24 bits per heavy atom. The molecule has 0 fully saturated rings. The topological polar surface area (TPSA) is 38.3 Å². The van der Waals surface area contributed by atoms with Crippen LogP contribution in [0.15, 0.2) is 0 Å². The van der Waals surface area contributed by atoms with E-state index < -0.39 is 5.54 Å². The van der Waals surface area contributed by atoms with Crippen LogP contribution in [0.25, 0.3) is 0 Å². The summed E-state index contributed by atoms with van der Waals surface area (Å²) in [5, 5.41) is 3.31. The first-order valence-corrected chi connectivity index (χ1v) is 7.30. The summed E-state index contributed by atoms with van der Waals surface area (Å²) in [6.45, 7) is 13.6. The minimum absolute atomic E-state index is 0.148. The van der Waals surface area contributed by atoms with Crippen LogP contribution in [-0.2, 0) is 9.53 Å². The van der Waals surface area contributed by atoms with E-state index in [9.17, 15) is 4.79 Å². The van der Waals surface area contributed by atoms with Crippen LogP contribution in [0.5, 0.6) is 0 Å². The van der Waals surface area contributed by atoms with Gasteiger partial charge in [0.05, 0.1) is 6.61 Å². The van der Waals surface area contributed by atoms with Gasteiger partial charge in [-0.2, -0.15) is 11.8 Å². The van der Waals surface area contributed by atoms with Gasteiger partial charge in [0, 0.05) is 10.5 Å². The molecule has 3 nitrogen and oxygen atoms in total. The van der Waals surface area contributed by atoms with E-state index in [0.717, 1.165) is 18.7 Å². The van der Waals surface area contributed by atoms with E-state index in [2.05, 4.69) is 33.0 Å². The predicted molar refractivity (Wildman–Crippen MR) is 75.5 cm³/mol. The van der Waals surface area contributed by atoms with Crippen LogP contribution < -0.4 is 5.32 Å². The zero-order chi connectivity index (χ0) is 13.5. The molecule has 102 valence electrons. The predicted octanol–water partition coefficient (Wildman–Crippen LogP) is 2.84. The molecule has 17 heavy (non-hydrogen) atoms. The van der Waals surface area contributed by atoms with Crippen molar-refractivity contribution in [3.8, 4) is 0 Å². The summed E-state index contributed by atoms with van der Waals surface area (Å²) in [5.74, 6) is 0.584. The van der Waals surface area contributed by atoms with Crippen molar-refractivity contribution in [3.63, 3.8) is 0 Å². The van der Waals surface area contributed by atoms with Gasteiger partial charge in [0.15, 0.2) is 0 Å². The Morgan fingerprint density at radius 2 is 1.82 bits per heavy atom. The molecule has 0 rings (SSSR count). The number of hydrogen-bond acceptors (Lipinski definition) is 4. The molecule has 4 heteroatoms. The SMILES string of the molecule is CCCNC(C)(CSC(C)(C)C)C(=O)OCC. The van der Waals surface area contributed by atoms with Crippen LogP contribution in [0, 0.1) is 0 Å². The summed E-state index contributed by atoms with van der Waals surface area (Å²) in [7, 11) is 0.